The van der Waals surface area contributed by atoms with Crippen molar-refractivity contribution in [2.24, 2.45) is 0 Å². The highest BCUT2D eigenvalue weighted by molar-refractivity contribution is 7.17. The molecule has 0 radical (unpaired) electrons. The van der Waals surface area contributed by atoms with E-state index in [1.807, 2.05) is 61.5 Å². The molecule has 0 saturated heterocycles. The Morgan fingerprint density at radius 2 is 1.84 bits per heavy atom. The van der Waals surface area contributed by atoms with Crippen molar-refractivity contribution >= 4 is 28.1 Å². The minimum atomic E-state index is -0.188. The zero-order chi connectivity index (χ0) is 17.6. The van der Waals surface area contributed by atoms with Crippen LogP contribution in [-0.2, 0) is 6.54 Å². The standard InChI is InChI=1S/C19H19N3O2S/c1-13-17(18(23)22-15-10-6-7-11-16(15)24-2)25-19(21-13)20-12-14-8-4-3-5-9-14/h3-11H,12H2,1-2H3,(H,20,21)(H,22,23). The van der Waals surface area contributed by atoms with Crippen LogP contribution in [-0.4, -0.2) is 18.0 Å². The molecule has 128 valence electrons. The predicted octanol–water partition coefficient (Wildman–Crippen LogP) is 4.32. The van der Waals surface area contributed by atoms with E-state index < -0.39 is 0 Å². The van der Waals surface area contributed by atoms with E-state index in [0.29, 0.717) is 28.6 Å². The Balaban J connectivity index is 1.70. The fraction of sp³-hybridized carbons (Fsp3) is 0.158. The molecule has 5 nitrogen and oxygen atoms in total. The van der Waals surface area contributed by atoms with E-state index in [0.717, 1.165) is 10.7 Å². The fourth-order valence-electron chi connectivity index (χ4n) is 2.38. The van der Waals surface area contributed by atoms with Gasteiger partial charge in [0.15, 0.2) is 5.13 Å². The molecule has 0 atom stereocenters. The van der Waals surface area contributed by atoms with Crippen molar-refractivity contribution in [2.75, 3.05) is 17.7 Å². The normalized spacial score (nSPS) is 10.3. The SMILES string of the molecule is COc1ccccc1NC(=O)c1sc(NCc2ccccc2)nc1C. The number of methoxy groups -OCH3 is 1. The number of aromatic nitrogens is 1. The fourth-order valence-corrected chi connectivity index (χ4v) is 3.24. The lowest BCUT2D eigenvalue weighted by Gasteiger charge is -2.08. The molecule has 0 aliphatic heterocycles. The van der Waals surface area contributed by atoms with Crippen molar-refractivity contribution in [3.8, 4) is 5.75 Å². The third-order valence-electron chi connectivity index (χ3n) is 3.64. The summed E-state index contributed by atoms with van der Waals surface area (Å²) in [4.78, 5) is 17.6. The molecule has 1 amide bonds. The van der Waals surface area contributed by atoms with Gasteiger partial charge in [-0.05, 0) is 24.6 Å². The summed E-state index contributed by atoms with van der Waals surface area (Å²) in [6, 6.07) is 17.4. The number of ether oxygens (including phenoxy) is 1. The van der Waals surface area contributed by atoms with Gasteiger partial charge in [0.05, 0.1) is 18.5 Å². The molecule has 0 fully saturated rings. The Morgan fingerprint density at radius 1 is 1.12 bits per heavy atom. The minimum Gasteiger partial charge on any atom is -0.495 e. The van der Waals surface area contributed by atoms with Crippen molar-refractivity contribution in [3.63, 3.8) is 0 Å². The number of rotatable bonds is 6. The quantitative estimate of drug-likeness (QED) is 0.692. The van der Waals surface area contributed by atoms with Gasteiger partial charge in [0.25, 0.3) is 5.91 Å². The van der Waals surface area contributed by atoms with Crippen molar-refractivity contribution < 1.29 is 9.53 Å². The average Bonchev–Trinajstić information content (AvgIpc) is 3.02. The first-order valence-electron chi connectivity index (χ1n) is 7.87. The number of thiazole rings is 1. The molecule has 0 spiro atoms. The summed E-state index contributed by atoms with van der Waals surface area (Å²) in [5, 5.41) is 6.88. The Morgan fingerprint density at radius 3 is 2.60 bits per heavy atom. The maximum atomic E-state index is 12.6. The zero-order valence-corrected chi connectivity index (χ0v) is 14.9. The monoisotopic (exact) mass is 353 g/mol. The number of aryl methyl sites for hydroxylation is 1. The van der Waals surface area contributed by atoms with E-state index in [2.05, 4.69) is 15.6 Å². The molecule has 25 heavy (non-hydrogen) atoms. The molecular weight excluding hydrogens is 334 g/mol. The highest BCUT2D eigenvalue weighted by Crippen LogP contribution is 2.27. The molecule has 0 bridgehead atoms. The van der Waals surface area contributed by atoms with Crippen molar-refractivity contribution in [1.82, 2.24) is 4.98 Å². The van der Waals surface area contributed by atoms with Gasteiger partial charge in [-0.15, -0.1) is 0 Å². The first kappa shape index (κ1) is 17.0. The van der Waals surface area contributed by atoms with E-state index in [-0.39, 0.29) is 5.91 Å². The van der Waals surface area contributed by atoms with E-state index in [4.69, 9.17) is 4.74 Å². The predicted molar refractivity (Wildman–Crippen MR) is 102 cm³/mol. The summed E-state index contributed by atoms with van der Waals surface area (Å²) in [5.74, 6) is 0.438. The maximum Gasteiger partial charge on any atom is 0.267 e. The van der Waals surface area contributed by atoms with E-state index in [1.165, 1.54) is 11.3 Å². The van der Waals surface area contributed by atoms with Crippen LogP contribution >= 0.6 is 11.3 Å². The minimum absolute atomic E-state index is 0.188. The molecule has 1 heterocycles. The first-order valence-corrected chi connectivity index (χ1v) is 8.68. The molecule has 6 heteroatoms. The molecule has 0 aliphatic rings. The summed E-state index contributed by atoms with van der Waals surface area (Å²) >= 11 is 1.34. The largest absolute Gasteiger partial charge is 0.495 e. The number of carbonyl (C=O) groups is 1. The lowest BCUT2D eigenvalue weighted by molar-refractivity contribution is 0.102. The van der Waals surface area contributed by atoms with E-state index in [9.17, 15) is 4.79 Å². The number of nitrogens with zero attached hydrogens (tertiary/aromatic N) is 1. The number of benzene rings is 2. The molecule has 0 aliphatic carbocycles. The summed E-state index contributed by atoms with van der Waals surface area (Å²) < 4.78 is 5.27. The van der Waals surface area contributed by atoms with Crippen LogP contribution in [0.1, 0.15) is 20.9 Å². The van der Waals surface area contributed by atoms with Gasteiger partial charge >= 0.3 is 0 Å². The number of carbonyl (C=O) groups excluding carboxylic acids is 1. The highest BCUT2D eigenvalue weighted by Gasteiger charge is 2.16. The zero-order valence-electron chi connectivity index (χ0n) is 14.1. The lowest BCUT2D eigenvalue weighted by atomic mass is 10.2. The Hall–Kier alpha value is -2.86. The van der Waals surface area contributed by atoms with Crippen LogP contribution in [0, 0.1) is 6.92 Å². The average molecular weight is 353 g/mol. The van der Waals surface area contributed by atoms with Crippen molar-refractivity contribution in [1.29, 1.82) is 0 Å². The second-order valence-electron chi connectivity index (χ2n) is 5.43. The topological polar surface area (TPSA) is 63.2 Å². The summed E-state index contributed by atoms with van der Waals surface area (Å²) in [5.41, 5.74) is 2.50. The van der Waals surface area contributed by atoms with Gasteiger partial charge < -0.3 is 15.4 Å². The first-order chi connectivity index (χ1) is 12.2. The second-order valence-corrected chi connectivity index (χ2v) is 6.43. The van der Waals surface area contributed by atoms with Gasteiger partial charge in [-0.25, -0.2) is 4.98 Å². The molecule has 2 N–H and O–H groups in total. The van der Waals surface area contributed by atoms with Gasteiger partial charge in [0, 0.05) is 6.54 Å². The number of para-hydroxylation sites is 2. The number of amides is 1. The summed E-state index contributed by atoms with van der Waals surface area (Å²) in [7, 11) is 1.58. The third-order valence-corrected chi connectivity index (χ3v) is 4.76. The van der Waals surface area contributed by atoms with Crippen LogP contribution < -0.4 is 15.4 Å². The highest BCUT2D eigenvalue weighted by atomic mass is 32.1. The molecular formula is C19H19N3O2S. The maximum absolute atomic E-state index is 12.6. The van der Waals surface area contributed by atoms with Crippen LogP contribution in [0.2, 0.25) is 0 Å². The second kappa shape index (κ2) is 7.81. The molecule has 0 unspecified atom stereocenters. The van der Waals surface area contributed by atoms with Crippen LogP contribution in [0.4, 0.5) is 10.8 Å². The number of anilines is 2. The summed E-state index contributed by atoms with van der Waals surface area (Å²) in [6.07, 6.45) is 0. The van der Waals surface area contributed by atoms with E-state index >= 15 is 0 Å². The number of nitrogens with one attached hydrogen (secondary N) is 2. The Bertz CT molecular complexity index is 862. The molecule has 3 aromatic rings. The Labute approximate surface area is 150 Å². The van der Waals surface area contributed by atoms with Gasteiger partial charge in [-0.1, -0.05) is 53.8 Å². The van der Waals surface area contributed by atoms with Crippen molar-refractivity contribution in [3.05, 3.63) is 70.7 Å². The van der Waals surface area contributed by atoms with Gasteiger partial charge in [-0.3, -0.25) is 4.79 Å². The smallest absolute Gasteiger partial charge is 0.267 e. The van der Waals surface area contributed by atoms with Crippen LogP contribution in [0.15, 0.2) is 54.6 Å². The van der Waals surface area contributed by atoms with Crippen LogP contribution in [0.5, 0.6) is 5.75 Å². The molecule has 1 aromatic heterocycles. The third kappa shape index (κ3) is 4.16. The van der Waals surface area contributed by atoms with Crippen LogP contribution in [0.3, 0.4) is 0 Å². The van der Waals surface area contributed by atoms with Crippen molar-refractivity contribution in [2.45, 2.75) is 13.5 Å². The van der Waals surface area contributed by atoms with Gasteiger partial charge in [0.1, 0.15) is 10.6 Å². The van der Waals surface area contributed by atoms with Gasteiger partial charge in [-0.2, -0.15) is 0 Å². The molecule has 2 aromatic carbocycles. The lowest BCUT2D eigenvalue weighted by Crippen LogP contribution is -2.12. The van der Waals surface area contributed by atoms with E-state index in [1.54, 1.807) is 7.11 Å². The number of hydrogen-bond donors (Lipinski definition) is 2. The molecule has 0 saturated carbocycles. The Kier molecular flexibility index (Phi) is 5.30. The summed E-state index contributed by atoms with van der Waals surface area (Å²) in [6.45, 7) is 2.50. The molecule has 3 rings (SSSR count). The number of hydrogen-bond acceptors (Lipinski definition) is 5. The van der Waals surface area contributed by atoms with Crippen LogP contribution in [0.25, 0.3) is 0 Å². The van der Waals surface area contributed by atoms with Gasteiger partial charge in [0.2, 0.25) is 0 Å².